The van der Waals surface area contributed by atoms with E-state index >= 15 is 0 Å². The molecule has 0 bridgehead atoms. The maximum atomic E-state index is 12.6. The van der Waals surface area contributed by atoms with Gasteiger partial charge in [0.1, 0.15) is 16.1 Å². The lowest BCUT2D eigenvalue weighted by Crippen LogP contribution is -2.12. The van der Waals surface area contributed by atoms with E-state index in [4.69, 9.17) is 11.6 Å². The van der Waals surface area contributed by atoms with Gasteiger partial charge < -0.3 is 5.32 Å². The minimum atomic E-state index is -0.625. The van der Waals surface area contributed by atoms with Crippen molar-refractivity contribution in [2.24, 2.45) is 0 Å². The van der Waals surface area contributed by atoms with Crippen molar-refractivity contribution < 1.29 is 9.72 Å². The molecule has 8 nitrogen and oxygen atoms in total. The molecule has 3 aromatic carbocycles. The molecule has 32 heavy (non-hydrogen) atoms. The molecule has 0 saturated heterocycles. The van der Waals surface area contributed by atoms with Crippen LogP contribution in [0.5, 0.6) is 0 Å². The van der Waals surface area contributed by atoms with E-state index in [1.165, 1.54) is 17.7 Å². The Hall–Kier alpha value is -3.78. The molecule has 0 atom stereocenters. The number of hydrogen-bond acceptors (Lipinski definition) is 5. The summed E-state index contributed by atoms with van der Waals surface area (Å²) in [5, 5.41) is 22.8. The summed E-state index contributed by atoms with van der Waals surface area (Å²) in [6, 6.07) is 17.2. The number of unbranched alkanes of at least 4 members (excludes halogenated alkanes) is 1. The molecule has 0 spiro atoms. The van der Waals surface area contributed by atoms with Gasteiger partial charge in [-0.3, -0.25) is 14.9 Å². The van der Waals surface area contributed by atoms with Gasteiger partial charge in [-0.25, -0.2) is 0 Å². The van der Waals surface area contributed by atoms with Gasteiger partial charge in [0.25, 0.3) is 11.6 Å². The Bertz CT molecular complexity index is 1300. The van der Waals surface area contributed by atoms with Gasteiger partial charge in [0.05, 0.1) is 10.6 Å². The SMILES string of the molecule is CCCCc1ccc(-n2nc3ccc(NC(=O)c4ccc(Cl)c([N+](=O)[O-])c4)cc3n2)cc1. The van der Waals surface area contributed by atoms with Crippen LogP contribution in [-0.4, -0.2) is 25.8 Å². The molecule has 4 aromatic rings. The number of nitro benzene ring substituents is 1. The normalized spacial score (nSPS) is 10.9. The number of hydrogen-bond donors (Lipinski definition) is 1. The molecule has 9 heteroatoms. The van der Waals surface area contributed by atoms with Crippen LogP contribution in [0.2, 0.25) is 5.02 Å². The highest BCUT2D eigenvalue weighted by atomic mass is 35.5. The van der Waals surface area contributed by atoms with Crippen molar-refractivity contribution in [3.8, 4) is 5.69 Å². The molecule has 1 heterocycles. The standard InChI is InChI=1S/C23H20ClN5O3/c1-2-3-4-15-5-9-18(10-6-15)28-26-20-12-8-17(14-21(20)27-28)25-23(30)16-7-11-19(24)22(13-16)29(31)32/h5-14H,2-4H2,1H3,(H,25,30). The summed E-state index contributed by atoms with van der Waals surface area (Å²) in [5.74, 6) is -0.487. The average molecular weight is 450 g/mol. The number of nitrogens with one attached hydrogen (secondary N) is 1. The molecule has 0 radical (unpaired) electrons. The van der Waals surface area contributed by atoms with Crippen LogP contribution in [0.3, 0.4) is 0 Å². The van der Waals surface area contributed by atoms with E-state index < -0.39 is 10.8 Å². The Morgan fingerprint density at radius 1 is 1.06 bits per heavy atom. The van der Waals surface area contributed by atoms with Crippen molar-refractivity contribution in [3.63, 3.8) is 0 Å². The number of halogens is 1. The van der Waals surface area contributed by atoms with E-state index in [0.717, 1.165) is 31.0 Å². The summed E-state index contributed by atoms with van der Waals surface area (Å²) >= 11 is 5.81. The molecule has 162 valence electrons. The Balaban J connectivity index is 1.54. The van der Waals surface area contributed by atoms with Crippen molar-refractivity contribution in [2.45, 2.75) is 26.2 Å². The zero-order chi connectivity index (χ0) is 22.7. The summed E-state index contributed by atoms with van der Waals surface area (Å²) in [7, 11) is 0. The van der Waals surface area contributed by atoms with E-state index in [1.807, 2.05) is 12.1 Å². The van der Waals surface area contributed by atoms with Gasteiger partial charge in [-0.2, -0.15) is 4.80 Å². The largest absolute Gasteiger partial charge is 0.322 e. The zero-order valence-corrected chi connectivity index (χ0v) is 18.0. The van der Waals surface area contributed by atoms with Crippen molar-refractivity contribution in [1.29, 1.82) is 0 Å². The average Bonchev–Trinajstić information content (AvgIpc) is 3.21. The van der Waals surface area contributed by atoms with Gasteiger partial charge in [0, 0.05) is 17.3 Å². The number of carbonyl (C=O) groups is 1. The van der Waals surface area contributed by atoms with Crippen molar-refractivity contribution in [2.75, 3.05) is 5.32 Å². The van der Waals surface area contributed by atoms with Crippen molar-refractivity contribution in [3.05, 3.63) is 86.9 Å². The van der Waals surface area contributed by atoms with Crippen LogP contribution in [0.4, 0.5) is 11.4 Å². The molecule has 0 fully saturated rings. The monoisotopic (exact) mass is 449 g/mol. The minimum Gasteiger partial charge on any atom is -0.322 e. The van der Waals surface area contributed by atoms with Crippen molar-refractivity contribution >= 4 is 39.9 Å². The summed E-state index contributed by atoms with van der Waals surface area (Å²) in [6.07, 6.45) is 3.36. The van der Waals surface area contributed by atoms with E-state index in [1.54, 1.807) is 23.0 Å². The summed E-state index contributed by atoms with van der Waals surface area (Å²) in [4.78, 5) is 24.5. The second-order valence-electron chi connectivity index (χ2n) is 7.34. The maximum Gasteiger partial charge on any atom is 0.288 e. The highest BCUT2D eigenvalue weighted by Gasteiger charge is 2.17. The molecule has 0 aliphatic rings. The fourth-order valence-corrected chi connectivity index (χ4v) is 3.47. The molecule has 0 aliphatic carbocycles. The number of rotatable bonds is 7. The Morgan fingerprint density at radius 3 is 2.53 bits per heavy atom. The van der Waals surface area contributed by atoms with E-state index in [2.05, 4.69) is 34.6 Å². The molecule has 0 saturated carbocycles. The fraction of sp³-hybridized carbons (Fsp3) is 0.174. The number of carbonyl (C=O) groups excluding carboxylic acids is 1. The highest BCUT2D eigenvalue weighted by Crippen LogP contribution is 2.26. The smallest absolute Gasteiger partial charge is 0.288 e. The lowest BCUT2D eigenvalue weighted by molar-refractivity contribution is -0.384. The molecule has 1 aromatic heterocycles. The number of anilines is 1. The molecule has 1 N–H and O–H groups in total. The Kier molecular flexibility index (Phi) is 6.13. The zero-order valence-electron chi connectivity index (χ0n) is 17.3. The van der Waals surface area contributed by atoms with E-state index in [-0.39, 0.29) is 16.3 Å². The number of fused-ring (bicyclic) bond motifs is 1. The topological polar surface area (TPSA) is 103 Å². The predicted molar refractivity (Wildman–Crippen MR) is 124 cm³/mol. The molecule has 0 aliphatic heterocycles. The molecule has 0 unspecified atom stereocenters. The second-order valence-corrected chi connectivity index (χ2v) is 7.75. The number of nitro groups is 1. The number of benzene rings is 3. The second kappa shape index (κ2) is 9.15. The third kappa shape index (κ3) is 4.60. The van der Waals surface area contributed by atoms with Gasteiger partial charge in [0.2, 0.25) is 0 Å². The van der Waals surface area contributed by atoms with Crippen LogP contribution in [0.25, 0.3) is 16.7 Å². The number of amides is 1. The number of nitrogens with zero attached hydrogens (tertiary/aromatic N) is 4. The van der Waals surface area contributed by atoms with Gasteiger partial charge in [-0.05, 0) is 60.9 Å². The first-order chi connectivity index (χ1) is 15.4. The summed E-state index contributed by atoms with van der Waals surface area (Å²) in [6.45, 7) is 2.17. The van der Waals surface area contributed by atoms with E-state index in [9.17, 15) is 14.9 Å². The highest BCUT2D eigenvalue weighted by molar-refractivity contribution is 6.32. The van der Waals surface area contributed by atoms with Gasteiger partial charge in [-0.1, -0.05) is 37.1 Å². The first-order valence-electron chi connectivity index (χ1n) is 10.2. The third-order valence-electron chi connectivity index (χ3n) is 5.03. The first kappa shape index (κ1) is 21.5. The fourth-order valence-electron chi connectivity index (χ4n) is 3.28. The number of aromatic nitrogens is 3. The van der Waals surface area contributed by atoms with E-state index in [0.29, 0.717) is 16.7 Å². The molecular weight excluding hydrogens is 430 g/mol. The lowest BCUT2D eigenvalue weighted by atomic mass is 10.1. The van der Waals surface area contributed by atoms with Gasteiger partial charge in [0.15, 0.2) is 0 Å². The predicted octanol–water partition coefficient (Wildman–Crippen LogP) is 5.58. The first-order valence-corrected chi connectivity index (χ1v) is 10.5. The molecule has 4 rings (SSSR count). The summed E-state index contributed by atoms with van der Waals surface area (Å²) in [5.41, 5.74) is 3.73. The third-order valence-corrected chi connectivity index (χ3v) is 5.35. The minimum absolute atomic E-state index is 0.0250. The quantitative estimate of drug-likeness (QED) is 0.293. The van der Waals surface area contributed by atoms with Gasteiger partial charge >= 0.3 is 0 Å². The molecular formula is C23H20ClN5O3. The van der Waals surface area contributed by atoms with Crippen LogP contribution < -0.4 is 5.32 Å². The lowest BCUT2D eigenvalue weighted by Gasteiger charge is -2.05. The van der Waals surface area contributed by atoms with Crippen LogP contribution in [0.1, 0.15) is 35.7 Å². The van der Waals surface area contributed by atoms with Gasteiger partial charge in [-0.15, -0.1) is 10.2 Å². The van der Waals surface area contributed by atoms with Crippen molar-refractivity contribution in [1.82, 2.24) is 15.0 Å². The Labute approximate surface area is 189 Å². The van der Waals surface area contributed by atoms with Crippen LogP contribution in [0.15, 0.2) is 60.7 Å². The molecule has 1 amide bonds. The van der Waals surface area contributed by atoms with Crippen LogP contribution >= 0.6 is 11.6 Å². The van der Waals surface area contributed by atoms with Crippen LogP contribution in [-0.2, 0) is 6.42 Å². The summed E-state index contributed by atoms with van der Waals surface area (Å²) < 4.78 is 0. The number of aryl methyl sites for hydroxylation is 1. The van der Waals surface area contributed by atoms with Crippen LogP contribution in [0, 0.1) is 10.1 Å². The maximum absolute atomic E-state index is 12.6. The Morgan fingerprint density at radius 2 is 1.81 bits per heavy atom.